The summed E-state index contributed by atoms with van der Waals surface area (Å²) in [6, 6.07) is 1.52. The second kappa shape index (κ2) is 6.94. The van der Waals surface area contributed by atoms with Crippen LogP contribution in [0.2, 0.25) is 5.15 Å². The summed E-state index contributed by atoms with van der Waals surface area (Å²) in [5, 5.41) is 5.40. The molecule has 0 aromatic carbocycles. The van der Waals surface area contributed by atoms with Gasteiger partial charge in [-0.15, -0.1) is 0 Å². The molecule has 2 amide bonds. The summed E-state index contributed by atoms with van der Waals surface area (Å²) in [6.07, 6.45) is 1.58. The monoisotopic (exact) mass is 284 g/mol. The van der Waals surface area contributed by atoms with E-state index in [1.807, 2.05) is 13.8 Å². The van der Waals surface area contributed by atoms with Crippen molar-refractivity contribution in [1.29, 1.82) is 0 Å². The molecule has 0 aliphatic rings. The zero-order valence-corrected chi connectivity index (χ0v) is 11.6. The lowest BCUT2D eigenvalue weighted by Crippen LogP contribution is -2.34. The lowest BCUT2D eigenvalue weighted by Gasteiger charge is -2.09. The van der Waals surface area contributed by atoms with Gasteiger partial charge in [0, 0.05) is 19.0 Å². The average molecular weight is 285 g/mol. The first-order chi connectivity index (χ1) is 8.90. The third-order valence-corrected chi connectivity index (χ3v) is 2.49. The van der Waals surface area contributed by atoms with E-state index in [0.717, 1.165) is 0 Å². The Bertz CT molecular complexity index is 477. The standard InChI is InChI=1S/C12H17ClN4O2/c1-7(2)17-10(18)3-4-15-12(19)9-5-8(14)6-16-11(9)13/h5-7H,3-4,14H2,1-2H3,(H,15,19)(H,17,18). The van der Waals surface area contributed by atoms with Gasteiger partial charge in [-0.3, -0.25) is 9.59 Å². The van der Waals surface area contributed by atoms with Crippen molar-refractivity contribution in [2.24, 2.45) is 0 Å². The van der Waals surface area contributed by atoms with Gasteiger partial charge in [-0.05, 0) is 19.9 Å². The molecule has 1 rings (SSSR count). The summed E-state index contributed by atoms with van der Waals surface area (Å²) in [5.74, 6) is -0.519. The predicted molar refractivity (Wildman–Crippen MR) is 73.9 cm³/mol. The molecular weight excluding hydrogens is 268 g/mol. The minimum Gasteiger partial charge on any atom is -0.397 e. The fourth-order valence-electron chi connectivity index (χ4n) is 1.40. The molecular formula is C12H17ClN4O2. The second-order valence-electron chi connectivity index (χ2n) is 4.34. The summed E-state index contributed by atoms with van der Waals surface area (Å²) in [4.78, 5) is 27.0. The molecule has 0 fully saturated rings. The maximum atomic E-state index is 11.8. The minimum absolute atomic E-state index is 0.0794. The molecule has 0 spiro atoms. The van der Waals surface area contributed by atoms with Crippen LogP contribution in [0.25, 0.3) is 0 Å². The van der Waals surface area contributed by atoms with E-state index in [9.17, 15) is 9.59 Å². The van der Waals surface area contributed by atoms with E-state index in [1.165, 1.54) is 12.3 Å². The molecule has 104 valence electrons. The Morgan fingerprint density at radius 3 is 2.79 bits per heavy atom. The number of nitrogens with zero attached hydrogens (tertiary/aromatic N) is 1. The molecule has 0 unspecified atom stereocenters. The van der Waals surface area contributed by atoms with Crippen molar-refractivity contribution in [1.82, 2.24) is 15.6 Å². The first-order valence-electron chi connectivity index (χ1n) is 5.88. The maximum absolute atomic E-state index is 11.8. The number of carbonyl (C=O) groups excluding carboxylic acids is 2. The number of carbonyl (C=O) groups is 2. The molecule has 7 heteroatoms. The van der Waals surface area contributed by atoms with Crippen LogP contribution in [0.4, 0.5) is 5.69 Å². The first-order valence-corrected chi connectivity index (χ1v) is 6.26. The van der Waals surface area contributed by atoms with Crippen LogP contribution >= 0.6 is 11.6 Å². The number of anilines is 1. The number of hydrogen-bond donors (Lipinski definition) is 3. The van der Waals surface area contributed by atoms with Gasteiger partial charge >= 0.3 is 0 Å². The number of nitrogens with one attached hydrogen (secondary N) is 2. The smallest absolute Gasteiger partial charge is 0.254 e. The number of halogens is 1. The fourth-order valence-corrected chi connectivity index (χ4v) is 1.59. The quantitative estimate of drug-likeness (QED) is 0.702. The molecule has 0 saturated heterocycles. The third kappa shape index (κ3) is 5.13. The summed E-state index contributed by atoms with van der Waals surface area (Å²) in [5.41, 5.74) is 6.09. The van der Waals surface area contributed by atoms with E-state index < -0.39 is 5.91 Å². The number of pyridine rings is 1. The van der Waals surface area contributed by atoms with Gasteiger partial charge in [0.05, 0.1) is 17.4 Å². The zero-order chi connectivity index (χ0) is 14.4. The Morgan fingerprint density at radius 1 is 1.47 bits per heavy atom. The van der Waals surface area contributed by atoms with E-state index >= 15 is 0 Å². The van der Waals surface area contributed by atoms with Gasteiger partial charge in [0.2, 0.25) is 5.91 Å². The van der Waals surface area contributed by atoms with E-state index in [1.54, 1.807) is 0 Å². The van der Waals surface area contributed by atoms with Crippen LogP contribution < -0.4 is 16.4 Å². The Hall–Kier alpha value is -1.82. The molecule has 0 aliphatic heterocycles. The Balaban J connectivity index is 2.48. The lowest BCUT2D eigenvalue weighted by molar-refractivity contribution is -0.121. The number of nitrogens with two attached hydrogens (primary N) is 1. The fraction of sp³-hybridized carbons (Fsp3) is 0.417. The molecule has 19 heavy (non-hydrogen) atoms. The zero-order valence-electron chi connectivity index (χ0n) is 10.9. The number of nitrogen functional groups attached to an aromatic ring is 1. The van der Waals surface area contributed by atoms with Gasteiger partial charge in [-0.2, -0.15) is 0 Å². The van der Waals surface area contributed by atoms with Crippen molar-refractivity contribution in [3.63, 3.8) is 0 Å². The van der Waals surface area contributed by atoms with Gasteiger partial charge in [0.25, 0.3) is 5.91 Å². The van der Waals surface area contributed by atoms with Crippen molar-refractivity contribution in [2.75, 3.05) is 12.3 Å². The highest BCUT2D eigenvalue weighted by Gasteiger charge is 2.12. The molecule has 1 aromatic rings. The van der Waals surface area contributed by atoms with Crippen molar-refractivity contribution < 1.29 is 9.59 Å². The molecule has 0 saturated carbocycles. The van der Waals surface area contributed by atoms with Crippen LogP contribution in [-0.4, -0.2) is 29.4 Å². The van der Waals surface area contributed by atoms with E-state index in [2.05, 4.69) is 15.6 Å². The number of amides is 2. The highest BCUT2D eigenvalue weighted by Crippen LogP contribution is 2.15. The van der Waals surface area contributed by atoms with E-state index in [-0.39, 0.29) is 35.6 Å². The topological polar surface area (TPSA) is 97.1 Å². The summed E-state index contributed by atoms with van der Waals surface area (Å²) < 4.78 is 0. The summed E-state index contributed by atoms with van der Waals surface area (Å²) >= 11 is 5.79. The molecule has 0 bridgehead atoms. The maximum Gasteiger partial charge on any atom is 0.254 e. The normalized spacial score (nSPS) is 10.3. The number of hydrogen-bond acceptors (Lipinski definition) is 4. The highest BCUT2D eigenvalue weighted by molar-refractivity contribution is 6.32. The van der Waals surface area contributed by atoms with Crippen LogP contribution in [0.5, 0.6) is 0 Å². The minimum atomic E-state index is -0.401. The Labute approximate surface area is 116 Å². The molecule has 6 nitrogen and oxygen atoms in total. The van der Waals surface area contributed by atoms with Gasteiger partial charge in [0.1, 0.15) is 5.15 Å². The van der Waals surface area contributed by atoms with Gasteiger partial charge in [-0.1, -0.05) is 11.6 Å². The molecule has 0 radical (unpaired) electrons. The van der Waals surface area contributed by atoms with Crippen LogP contribution in [0, 0.1) is 0 Å². The van der Waals surface area contributed by atoms with E-state index in [4.69, 9.17) is 17.3 Å². The largest absolute Gasteiger partial charge is 0.397 e. The molecule has 1 heterocycles. The van der Waals surface area contributed by atoms with Gasteiger partial charge in [0.15, 0.2) is 0 Å². The highest BCUT2D eigenvalue weighted by atomic mass is 35.5. The summed E-state index contributed by atoms with van der Waals surface area (Å²) in [6.45, 7) is 3.96. The number of rotatable bonds is 5. The SMILES string of the molecule is CC(C)NC(=O)CCNC(=O)c1cc(N)cnc1Cl. The van der Waals surface area contributed by atoms with Gasteiger partial charge < -0.3 is 16.4 Å². The Morgan fingerprint density at radius 2 is 2.16 bits per heavy atom. The summed E-state index contributed by atoms with van der Waals surface area (Å²) in [7, 11) is 0. The molecule has 0 atom stereocenters. The van der Waals surface area contributed by atoms with Crippen molar-refractivity contribution in [2.45, 2.75) is 26.3 Å². The van der Waals surface area contributed by atoms with Gasteiger partial charge in [-0.25, -0.2) is 4.98 Å². The van der Waals surface area contributed by atoms with Crippen LogP contribution in [0.1, 0.15) is 30.6 Å². The first kappa shape index (κ1) is 15.2. The predicted octanol–water partition coefficient (Wildman–Crippen LogP) is 0.962. The third-order valence-electron chi connectivity index (χ3n) is 2.19. The van der Waals surface area contributed by atoms with Crippen molar-refractivity contribution in [3.8, 4) is 0 Å². The van der Waals surface area contributed by atoms with Crippen molar-refractivity contribution >= 4 is 29.1 Å². The van der Waals surface area contributed by atoms with Crippen LogP contribution in [0.15, 0.2) is 12.3 Å². The lowest BCUT2D eigenvalue weighted by atomic mass is 10.2. The molecule has 1 aromatic heterocycles. The van der Waals surface area contributed by atoms with Crippen LogP contribution in [0.3, 0.4) is 0 Å². The van der Waals surface area contributed by atoms with Crippen LogP contribution in [-0.2, 0) is 4.79 Å². The van der Waals surface area contributed by atoms with E-state index in [0.29, 0.717) is 5.69 Å². The Kier molecular flexibility index (Phi) is 5.57. The average Bonchev–Trinajstić information content (AvgIpc) is 2.31. The molecule has 0 aliphatic carbocycles. The van der Waals surface area contributed by atoms with Crippen molar-refractivity contribution in [3.05, 3.63) is 23.0 Å². The molecule has 4 N–H and O–H groups in total. The number of aromatic nitrogens is 1. The second-order valence-corrected chi connectivity index (χ2v) is 4.69.